The van der Waals surface area contributed by atoms with Crippen LogP contribution in [0.4, 0.5) is 4.39 Å². The second kappa shape index (κ2) is 5.72. The number of pyridine rings is 1. The molecular formula is C16H21FN2O2. The summed E-state index contributed by atoms with van der Waals surface area (Å²) in [4.78, 5) is 18.2. The molecule has 1 saturated heterocycles. The number of amides is 1. The molecule has 0 bridgehead atoms. The number of carbonyl (C=O) groups excluding carboxylic acids is 1. The summed E-state index contributed by atoms with van der Waals surface area (Å²) < 4.78 is 19.9. The van der Waals surface area contributed by atoms with Gasteiger partial charge in [-0.1, -0.05) is 6.07 Å². The first-order valence-corrected chi connectivity index (χ1v) is 7.64. The molecule has 1 saturated carbocycles. The minimum atomic E-state index is -1.60. The third-order valence-corrected chi connectivity index (χ3v) is 4.37. The van der Waals surface area contributed by atoms with Gasteiger partial charge in [0.25, 0.3) is 5.91 Å². The summed E-state index contributed by atoms with van der Waals surface area (Å²) in [5.74, 6) is -0.349. The van der Waals surface area contributed by atoms with Crippen LogP contribution in [-0.4, -0.2) is 46.8 Å². The first-order valence-electron chi connectivity index (χ1n) is 7.64. The van der Waals surface area contributed by atoms with E-state index in [2.05, 4.69) is 4.98 Å². The van der Waals surface area contributed by atoms with Gasteiger partial charge < -0.3 is 9.64 Å². The molecule has 0 unspecified atom stereocenters. The normalized spacial score (nSPS) is 26.9. The molecule has 1 aromatic heterocycles. The minimum absolute atomic E-state index is 0.0125. The zero-order valence-electron chi connectivity index (χ0n) is 12.3. The Bertz CT molecular complexity index is 504. The van der Waals surface area contributed by atoms with E-state index in [-0.39, 0.29) is 18.1 Å². The number of rotatable bonds is 5. The Morgan fingerprint density at radius 3 is 3.00 bits per heavy atom. The lowest BCUT2D eigenvalue weighted by Crippen LogP contribution is -2.46. The number of alkyl halides is 1. The van der Waals surface area contributed by atoms with Gasteiger partial charge in [-0.25, -0.2) is 4.39 Å². The van der Waals surface area contributed by atoms with Gasteiger partial charge in [0.1, 0.15) is 0 Å². The number of hydrogen-bond donors (Lipinski definition) is 0. The van der Waals surface area contributed by atoms with Crippen molar-refractivity contribution in [2.24, 2.45) is 0 Å². The van der Waals surface area contributed by atoms with Gasteiger partial charge in [0.15, 0.2) is 5.67 Å². The van der Waals surface area contributed by atoms with Crippen LogP contribution >= 0.6 is 0 Å². The number of ether oxygens (including phenoxy) is 1. The van der Waals surface area contributed by atoms with Crippen LogP contribution in [0.1, 0.15) is 31.7 Å². The molecule has 4 nitrogen and oxygen atoms in total. The SMILES string of the molecule is CCO[C@H]1CCN(C(=O)C2(F)CC2)[C@H]1Cc1cccnc1. The van der Waals surface area contributed by atoms with Crippen molar-refractivity contribution in [3.8, 4) is 0 Å². The fourth-order valence-corrected chi connectivity index (χ4v) is 3.07. The third-order valence-electron chi connectivity index (χ3n) is 4.37. The van der Waals surface area contributed by atoms with Crippen molar-refractivity contribution in [3.05, 3.63) is 30.1 Å². The highest BCUT2D eigenvalue weighted by Crippen LogP contribution is 2.43. The number of halogens is 1. The van der Waals surface area contributed by atoms with Crippen LogP contribution in [0.25, 0.3) is 0 Å². The largest absolute Gasteiger partial charge is 0.376 e. The Kier molecular flexibility index (Phi) is 3.93. The second-order valence-corrected chi connectivity index (χ2v) is 5.88. The summed E-state index contributed by atoms with van der Waals surface area (Å²) in [6.07, 6.45) is 5.68. The van der Waals surface area contributed by atoms with Crippen molar-refractivity contribution in [2.75, 3.05) is 13.2 Å². The van der Waals surface area contributed by atoms with E-state index in [1.165, 1.54) is 0 Å². The van der Waals surface area contributed by atoms with Crippen LogP contribution in [-0.2, 0) is 16.0 Å². The minimum Gasteiger partial charge on any atom is -0.376 e. The zero-order chi connectivity index (χ0) is 14.9. The smallest absolute Gasteiger partial charge is 0.260 e. The maximum absolute atomic E-state index is 14.1. The molecule has 1 aromatic rings. The third kappa shape index (κ3) is 2.93. The van der Waals surface area contributed by atoms with Gasteiger partial charge in [-0.3, -0.25) is 9.78 Å². The van der Waals surface area contributed by atoms with E-state index in [9.17, 15) is 9.18 Å². The van der Waals surface area contributed by atoms with E-state index in [0.717, 1.165) is 12.0 Å². The predicted molar refractivity (Wildman–Crippen MR) is 76.5 cm³/mol. The molecule has 2 fully saturated rings. The number of nitrogens with zero attached hydrogens (tertiary/aromatic N) is 2. The molecule has 2 atom stereocenters. The van der Waals surface area contributed by atoms with E-state index in [1.807, 2.05) is 19.1 Å². The average molecular weight is 292 g/mol. The molecule has 114 valence electrons. The van der Waals surface area contributed by atoms with Gasteiger partial charge in [0, 0.05) is 25.5 Å². The van der Waals surface area contributed by atoms with Crippen LogP contribution in [0.15, 0.2) is 24.5 Å². The van der Waals surface area contributed by atoms with Crippen LogP contribution in [0, 0.1) is 0 Å². The standard InChI is InChI=1S/C16H21FN2O2/c1-2-21-14-5-9-19(15(20)16(17)6-7-16)13(14)10-12-4-3-8-18-11-12/h3-4,8,11,13-14H,2,5-7,9-10H2,1H3/t13-,14-/m0/s1. The van der Waals surface area contributed by atoms with Crippen molar-refractivity contribution in [2.45, 2.75) is 50.4 Å². The highest BCUT2D eigenvalue weighted by Gasteiger charge is 2.55. The molecule has 0 spiro atoms. The number of hydrogen-bond acceptors (Lipinski definition) is 3. The molecule has 1 amide bonds. The quantitative estimate of drug-likeness (QED) is 0.835. The summed E-state index contributed by atoms with van der Waals surface area (Å²) >= 11 is 0. The van der Waals surface area contributed by atoms with Gasteiger partial charge >= 0.3 is 0 Å². The fourth-order valence-electron chi connectivity index (χ4n) is 3.07. The Labute approximate surface area is 124 Å². The second-order valence-electron chi connectivity index (χ2n) is 5.88. The highest BCUT2D eigenvalue weighted by molar-refractivity contribution is 5.88. The maximum Gasteiger partial charge on any atom is 0.260 e. The van der Waals surface area contributed by atoms with Crippen molar-refractivity contribution in [1.29, 1.82) is 0 Å². The fraction of sp³-hybridized carbons (Fsp3) is 0.625. The van der Waals surface area contributed by atoms with E-state index in [4.69, 9.17) is 4.74 Å². The highest BCUT2D eigenvalue weighted by atomic mass is 19.1. The van der Waals surface area contributed by atoms with Crippen LogP contribution in [0.3, 0.4) is 0 Å². The lowest BCUT2D eigenvalue weighted by Gasteiger charge is -2.29. The van der Waals surface area contributed by atoms with Gasteiger partial charge in [-0.2, -0.15) is 0 Å². The summed E-state index contributed by atoms with van der Waals surface area (Å²) in [5, 5.41) is 0. The summed E-state index contributed by atoms with van der Waals surface area (Å²) in [7, 11) is 0. The lowest BCUT2D eigenvalue weighted by atomic mass is 10.0. The lowest BCUT2D eigenvalue weighted by molar-refractivity contribution is -0.140. The molecule has 2 aliphatic rings. The molecule has 21 heavy (non-hydrogen) atoms. The van der Waals surface area contributed by atoms with E-state index in [0.29, 0.717) is 32.4 Å². The Hall–Kier alpha value is -1.49. The monoisotopic (exact) mass is 292 g/mol. The van der Waals surface area contributed by atoms with Crippen LogP contribution in [0.2, 0.25) is 0 Å². The van der Waals surface area contributed by atoms with Crippen molar-refractivity contribution >= 4 is 5.91 Å². The molecule has 3 rings (SSSR count). The summed E-state index contributed by atoms with van der Waals surface area (Å²) in [6, 6.07) is 3.78. The van der Waals surface area contributed by atoms with Gasteiger partial charge in [0.2, 0.25) is 0 Å². The molecule has 0 aromatic carbocycles. The topological polar surface area (TPSA) is 42.4 Å². The van der Waals surface area contributed by atoms with E-state index < -0.39 is 5.67 Å². The first kappa shape index (κ1) is 14.4. The summed E-state index contributed by atoms with van der Waals surface area (Å²) in [6.45, 7) is 3.14. The Morgan fingerprint density at radius 2 is 2.38 bits per heavy atom. The molecule has 0 radical (unpaired) electrons. The van der Waals surface area contributed by atoms with Crippen LogP contribution < -0.4 is 0 Å². The van der Waals surface area contributed by atoms with Crippen molar-refractivity contribution < 1.29 is 13.9 Å². The molecule has 0 N–H and O–H groups in total. The molecular weight excluding hydrogens is 271 g/mol. The molecule has 1 aliphatic carbocycles. The van der Waals surface area contributed by atoms with Gasteiger partial charge in [0.05, 0.1) is 12.1 Å². The average Bonchev–Trinajstić information content (AvgIpc) is 3.14. The van der Waals surface area contributed by atoms with Crippen molar-refractivity contribution in [1.82, 2.24) is 9.88 Å². The van der Waals surface area contributed by atoms with Crippen LogP contribution in [0.5, 0.6) is 0 Å². The molecule has 1 aliphatic heterocycles. The predicted octanol–water partition coefficient (Wildman–Crippen LogP) is 2.13. The Balaban J connectivity index is 1.77. The number of aromatic nitrogens is 1. The first-order chi connectivity index (χ1) is 10.1. The van der Waals surface area contributed by atoms with E-state index in [1.54, 1.807) is 17.3 Å². The Morgan fingerprint density at radius 1 is 1.57 bits per heavy atom. The molecule has 5 heteroatoms. The zero-order valence-corrected chi connectivity index (χ0v) is 12.3. The number of carbonyl (C=O) groups is 1. The number of likely N-dealkylation sites (tertiary alicyclic amines) is 1. The summed E-state index contributed by atoms with van der Waals surface area (Å²) in [5.41, 5.74) is -0.551. The van der Waals surface area contributed by atoms with Gasteiger partial charge in [-0.05, 0) is 44.2 Å². The van der Waals surface area contributed by atoms with E-state index >= 15 is 0 Å². The maximum atomic E-state index is 14.1. The van der Waals surface area contributed by atoms with Crippen molar-refractivity contribution in [3.63, 3.8) is 0 Å². The molecule has 2 heterocycles. The van der Waals surface area contributed by atoms with Gasteiger partial charge in [-0.15, -0.1) is 0 Å².